The Morgan fingerprint density at radius 3 is 2.89 bits per heavy atom. The van der Waals surface area contributed by atoms with E-state index in [1.807, 2.05) is 37.3 Å². The van der Waals surface area contributed by atoms with E-state index >= 15 is 0 Å². The molecule has 1 N–H and O–H groups in total. The van der Waals surface area contributed by atoms with E-state index in [4.69, 9.17) is 9.25 Å². The Bertz CT molecular complexity index is 963. The molecule has 0 aliphatic heterocycles. The van der Waals surface area contributed by atoms with E-state index in [1.165, 1.54) is 18.3 Å². The van der Waals surface area contributed by atoms with E-state index in [0.29, 0.717) is 11.3 Å². The van der Waals surface area contributed by atoms with Gasteiger partial charge >= 0.3 is 0 Å². The highest BCUT2D eigenvalue weighted by Gasteiger charge is 2.14. The number of carbonyl (C=O) groups excluding carboxylic acids is 1. The molecule has 3 aromatic rings. The maximum atomic E-state index is 12.0. The molecule has 2 aromatic carbocycles. The molecule has 3 rings (SSSR count). The third-order valence-electron chi connectivity index (χ3n) is 3.80. The quantitative estimate of drug-likeness (QED) is 0.390. The zero-order valence-corrected chi connectivity index (χ0v) is 14.5. The van der Waals surface area contributed by atoms with E-state index in [0.717, 1.165) is 11.0 Å². The first-order valence-corrected chi connectivity index (χ1v) is 8.20. The molecule has 0 bridgehead atoms. The van der Waals surface area contributed by atoms with Gasteiger partial charge in [-0.15, -0.1) is 0 Å². The number of non-ortho nitro benzene ring substituents is 1. The highest BCUT2D eigenvalue weighted by atomic mass is 16.6. The summed E-state index contributed by atoms with van der Waals surface area (Å²) in [5.41, 5.74) is 1.21. The molecule has 1 aromatic heterocycles. The number of furan rings is 1. The molecule has 8 heteroatoms. The summed E-state index contributed by atoms with van der Waals surface area (Å²) in [4.78, 5) is 27.1. The number of rotatable bonds is 7. The van der Waals surface area contributed by atoms with E-state index < -0.39 is 4.92 Å². The fourth-order valence-electron chi connectivity index (χ4n) is 2.48. The van der Waals surface area contributed by atoms with Crippen molar-refractivity contribution in [2.45, 2.75) is 13.0 Å². The molecule has 1 atom stereocenters. The van der Waals surface area contributed by atoms with Crippen LogP contribution in [0.5, 0.6) is 0 Å². The first-order valence-electron chi connectivity index (χ1n) is 8.20. The summed E-state index contributed by atoms with van der Waals surface area (Å²) in [6.45, 7) is 1.53. The predicted octanol–water partition coefficient (Wildman–Crippen LogP) is 3.57. The molecule has 1 heterocycles. The summed E-state index contributed by atoms with van der Waals surface area (Å²) < 4.78 is 5.70. The number of nitro groups is 1. The van der Waals surface area contributed by atoms with Gasteiger partial charge < -0.3 is 14.6 Å². The molecule has 0 spiro atoms. The third kappa shape index (κ3) is 4.69. The standard InChI is InChI=1S/C19H17N3O5/c1-13(18-10-15-6-2-3-8-17(15)27-18)21-19(23)12-26-20-11-14-5-4-7-16(9-14)22(24)25/h2-11,13H,12H2,1H3,(H,21,23)/b20-11+. The molecular weight excluding hydrogens is 350 g/mol. The van der Waals surface area contributed by atoms with Crippen LogP contribution in [-0.4, -0.2) is 23.7 Å². The maximum Gasteiger partial charge on any atom is 0.270 e. The second-order valence-electron chi connectivity index (χ2n) is 5.84. The van der Waals surface area contributed by atoms with Crippen molar-refractivity contribution in [3.63, 3.8) is 0 Å². The molecule has 0 saturated carbocycles. The van der Waals surface area contributed by atoms with Gasteiger partial charge in [-0.3, -0.25) is 14.9 Å². The molecule has 1 amide bonds. The minimum Gasteiger partial charge on any atom is -0.459 e. The lowest BCUT2D eigenvalue weighted by Gasteiger charge is -2.10. The summed E-state index contributed by atoms with van der Waals surface area (Å²) in [6, 6.07) is 15.1. The van der Waals surface area contributed by atoms with Gasteiger partial charge in [-0.2, -0.15) is 0 Å². The topological polar surface area (TPSA) is 107 Å². The Hall–Kier alpha value is -3.68. The van der Waals surface area contributed by atoms with Crippen LogP contribution >= 0.6 is 0 Å². The van der Waals surface area contributed by atoms with Gasteiger partial charge in [0.05, 0.1) is 17.2 Å². The lowest BCUT2D eigenvalue weighted by molar-refractivity contribution is -0.384. The first kappa shape index (κ1) is 18.1. The monoisotopic (exact) mass is 367 g/mol. The number of amides is 1. The second kappa shape index (κ2) is 8.13. The third-order valence-corrected chi connectivity index (χ3v) is 3.80. The highest BCUT2D eigenvalue weighted by Crippen LogP contribution is 2.23. The van der Waals surface area contributed by atoms with Crippen LogP contribution in [0.15, 0.2) is 64.2 Å². The van der Waals surface area contributed by atoms with Crippen LogP contribution in [0.25, 0.3) is 11.0 Å². The molecule has 8 nitrogen and oxygen atoms in total. The van der Waals surface area contributed by atoms with Crippen LogP contribution in [0, 0.1) is 10.1 Å². The smallest absolute Gasteiger partial charge is 0.270 e. The average molecular weight is 367 g/mol. The molecule has 27 heavy (non-hydrogen) atoms. The van der Waals surface area contributed by atoms with E-state index in [1.54, 1.807) is 12.1 Å². The highest BCUT2D eigenvalue weighted by molar-refractivity contribution is 5.81. The minimum atomic E-state index is -0.495. The maximum absolute atomic E-state index is 12.0. The Morgan fingerprint density at radius 2 is 2.11 bits per heavy atom. The van der Waals surface area contributed by atoms with Gasteiger partial charge in [0.2, 0.25) is 0 Å². The number of nitrogens with one attached hydrogen (secondary N) is 1. The summed E-state index contributed by atoms with van der Waals surface area (Å²) >= 11 is 0. The predicted molar refractivity (Wildman–Crippen MR) is 99.4 cm³/mol. The Morgan fingerprint density at radius 1 is 1.30 bits per heavy atom. The SMILES string of the molecule is CC(NC(=O)CO/N=C/c1cccc([N+](=O)[O-])c1)c1cc2ccccc2o1. The van der Waals surface area contributed by atoms with Gasteiger partial charge in [0.1, 0.15) is 11.3 Å². The Labute approximate surface area is 154 Å². The van der Waals surface area contributed by atoms with Crippen LogP contribution in [0.3, 0.4) is 0 Å². The van der Waals surface area contributed by atoms with Gasteiger partial charge in [-0.05, 0) is 19.1 Å². The number of para-hydroxylation sites is 1. The number of nitro benzene ring substituents is 1. The lowest BCUT2D eigenvalue weighted by atomic mass is 10.2. The fourth-order valence-corrected chi connectivity index (χ4v) is 2.48. The molecule has 1 unspecified atom stereocenters. The van der Waals surface area contributed by atoms with E-state index in [9.17, 15) is 14.9 Å². The number of nitrogens with zero attached hydrogens (tertiary/aromatic N) is 2. The number of oxime groups is 1. The lowest BCUT2D eigenvalue weighted by Crippen LogP contribution is -2.29. The molecular formula is C19H17N3O5. The minimum absolute atomic E-state index is 0.0450. The van der Waals surface area contributed by atoms with Crippen LogP contribution < -0.4 is 5.32 Å². The van der Waals surface area contributed by atoms with Gasteiger partial charge in [-0.25, -0.2) is 0 Å². The largest absolute Gasteiger partial charge is 0.459 e. The van der Waals surface area contributed by atoms with Crippen molar-refractivity contribution in [1.82, 2.24) is 5.32 Å². The van der Waals surface area contributed by atoms with Gasteiger partial charge in [0.15, 0.2) is 6.61 Å². The van der Waals surface area contributed by atoms with Crippen molar-refractivity contribution in [3.05, 3.63) is 76.0 Å². The number of carbonyl (C=O) groups is 1. The number of benzene rings is 2. The van der Waals surface area contributed by atoms with Crippen molar-refractivity contribution in [3.8, 4) is 0 Å². The molecule has 0 aliphatic carbocycles. The van der Waals surface area contributed by atoms with Crippen LogP contribution in [-0.2, 0) is 9.63 Å². The Kier molecular flexibility index (Phi) is 5.46. The van der Waals surface area contributed by atoms with E-state index in [-0.39, 0.29) is 24.2 Å². The van der Waals surface area contributed by atoms with Crippen molar-refractivity contribution < 1.29 is 19.0 Å². The summed E-state index contributed by atoms with van der Waals surface area (Å²) in [5, 5.41) is 18.1. The molecule has 0 fully saturated rings. The number of hydrogen-bond donors (Lipinski definition) is 1. The summed E-state index contributed by atoms with van der Waals surface area (Å²) in [5.74, 6) is 0.281. The zero-order valence-electron chi connectivity index (χ0n) is 14.5. The molecule has 138 valence electrons. The van der Waals surface area contributed by atoms with Crippen LogP contribution in [0.2, 0.25) is 0 Å². The van der Waals surface area contributed by atoms with Crippen molar-refractivity contribution in [2.75, 3.05) is 6.61 Å². The molecule has 0 saturated heterocycles. The van der Waals surface area contributed by atoms with Crippen molar-refractivity contribution in [1.29, 1.82) is 0 Å². The summed E-state index contributed by atoms with van der Waals surface area (Å²) in [7, 11) is 0. The number of fused-ring (bicyclic) bond motifs is 1. The fraction of sp³-hybridized carbons (Fsp3) is 0.158. The Balaban J connectivity index is 1.50. The zero-order chi connectivity index (χ0) is 19.2. The van der Waals surface area contributed by atoms with Gasteiger partial charge in [0, 0.05) is 23.1 Å². The second-order valence-corrected chi connectivity index (χ2v) is 5.84. The number of hydrogen-bond acceptors (Lipinski definition) is 6. The van der Waals surface area contributed by atoms with Gasteiger partial charge in [-0.1, -0.05) is 35.5 Å². The molecule has 0 aliphatic rings. The normalized spacial score (nSPS) is 12.2. The van der Waals surface area contributed by atoms with Crippen molar-refractivity contribution in [2.24, 2.45) is 5.16 Å². The molecule has 0 radical (unpaired) electrons. The summed E-state index contributed by atoms with van der Waals surface area (Å²) in [6.07, 6.45) is 1.31. The van der Waals surface area contributed by atoms with E-state index in [2.05, 4.69) is 10.5 Å². The van der Waals surface area contributed by atoms with Crippen LogP contribution in [0.1, 0.15) is 24.3 Å². The first-order chi connectivity index (χ1) is 13.0. The van der Waals surface area contributed by atoms with Crippen molar-refractivity contribution >= 4 is 28.8 Å². The average Bonchev–Trinajstić information content (AvgIpc) is 3.10. The van der Waals surface area contributed by atoms with Crippen LogP contribution in [0.4, 0.5) is 5.69 Å². The van der Waals surface area contributed by atoms with Gasteiger partial charge in [0.25, 0.3) is 11.6 Å².